The number of rotatable bonds is 5. The number of esters is 1. The van der Waals surface area contributed by atoms with E-state index in [1.807, 2.05) is 0 Å². The Hall–Kier alpha value is -2.13. The van der Waals surface area contributed by atoms with Gasteiger partial charge < -0.3 is 14.7 Å². The second-order valence-electron chi connectivity index (χ2n) is 6.06. The molecule has 0 bridgehead atoms. The number of carbonyl (C=O) groups is 1. The smallest absolute Gasteiger partial charge is 0.323 e. The summed E-state index contributed by atoms with van der Waals surface area (Å²) < 4.78 is 32.5. The van der Waals surface area contributed by atoms with Crippen molar-refractivity contribution in [3.8, 4) is 0 Å². The fourth-order valence-corrected chi connectivity index (χ4v) is 4.93. The molecule has 1 aromatic carbocycles. The maximum absolute atomic E-state index is 13.1. The van der Waals surface area contributed by atoms with Crippen LogP contribution in [-0.4, -0.2) is 47.9 Å². The summed E-state index contributed by atoms with van der Waals surface area (Å²) in [7, 11) is -3.76. The van der Waals surface area contributed by atoms with Crippen molar-refractivity contribution in [2.24, 2.45) is 0 Å². The topological polar surface area (TPSA) is 112 Å². The van der Waals surface area contributed by atoms with Gasteiger partial charge in [-0.25, -0.2) is 13.2 Å². The molecule has 0 radical (unpaired) electrons. The largest absolute Gasteiger partial charge is 0.466 e. The summed E-state index contributed by atoms with van der Waals surface area (Å²) in [5, 5.41) is 0. The molecule has 1 atom stereocenters. The Morgan fingerprint density at radius 3 is 2.80 bits per heavy atom. The van der Waals surface area contributed by atoms with Crippen LogP contribution in [0.4, 0.5) is 0 Å². The van der Waals surface area contributed by atoms with E-state index in [9.17, 15) is 18.0 Å². The Balaban J connectivity index is 1.91. The molecule has 1 aliphatic rings. The molecule has 25 heavy (non-hydrogen) atoms. The lowest BCUT2D eigenvalue weighted by atomic mass is 10.0. The molecular weight excluding hydrogens is 346 g/mol. The monoisotopic (exact) mass is 367 g/mol. The Kier molecular flexibility index (Phi) is 4.96. The molecule has 1 saturated heterocycles. The van der Waals surface area contributed by atoms with Gasteiger partial charge in [-0.3, -0.25) is 4.79 Å². The third-order valence-corrected chi connectivity index (χ3v) is 6.32. The van der Waals surface area contributed by atoms with Crippen molar-refractivity contribution in [1.82, 2.24) is 14.3 Å². The van der Waals surface area contributed by atoms with E-state index in [1.165, 1.54) is 16.4 Å². The molecule has 1 aromatic heterocycles. The van der Waals surface area contributed by atoms with E-state index < -0.39 is 16.1 Å². The molecule has 3 rings (SSSR count). The standard InChI is InChI=1S/C16H21N3O5S/c1-2-24-15(20)9-11-5-3-4-8-19(11)25(22,23)12-6-7-13-14(10-12)18-16(21)17-13/h6-7,10-11H,2-5,8-9H2,1H3,(H2,17,18,21). The zero-order chi connectivity index (χ0) is 18.0. The molecule has 1 aliphatic heterocycles. The molecule has 9 heteroatoms. The first kappa shape index (κ1) is 17.7. The van der Waals surface area contributed by atoms with Gasteiger partial charge in [-0.15, -0.1) is 0 Å². The average Bonchev–Trinajstić information content (AvgIpc) is 2.94. The van der Waals surface area contributed by atoms with Crippen molar-refractivity contribution >= 4 is 27.0 Å². The molecule has 136 valence electrons. The van der Waals surface area contributed by atoms with Crippen LogP contribution in [0.1, 0.15) is 32.6 Å². The highest BCUT2D eigenvalue weighted by molar-refractivity contribution is 7.89. The van der Waals surface area contributed by atoms with Crippen LogP contribution in [0.2, 0.25) is 0 Å². The number of fused-ring (bicyclic) bond motifs is 1. The van der Waals surface area contributed by atoms with Crippen LogP contribution in [0.15, 0.2) is 27.9 Å². The van der Waals surface area contributed by atoms with Gasteiger partial charge in [0.2, 0.25) is 10.0 Å². The summed E-state index contributed by atoms with van der Waals surface area (Å²) in [6, 6.07) is 4.07. The number of H-pyrrole nitrogens is 2. The molecule has 8 nitrogen and oxygen atoms in total. The second kappa shape index (κ2) is 7.01. The Morgan fingerprint density at radius 2 is 2.04 bits per heavy atom. The molecule has 0 amide bonds. The van der Waals surface area contributed by atoms with E-state index in [2.05, 4.69) is 9.97 Å². The van der Waals surface area contributed by atoms with E-state index in [-0.39, 0.29) is 29.6 Å². The quantitative estimate of drug-likeness (QED) is 0.775. The van der Waals surface area contributed by atoms with Crippen molar-refractivity contribution in [2.75, 3.05) is 13.2 Å². The zero-order valence-electron chi connectivity index (χ0n) is 13.9. The Bertz CT molecular complexity index is 931. The first-order valence-corrected chi connectivity index (χ1v) is 9.75. The van der Waals surface area contributed by atoms with Crippen molar-refractivity contribution in [3.63, 3.8) is 0 Å². The first-order valence-electron chi connectivity index (χ1n) is 8.31. The number of benzene rings is 1. The number of nitrogens with zero attached hydrogens (tertiary/aromatic N) is 1. The number of nitrogens with one attached hydrogen (secondary N) is 2. The van der Waals surface area contributed by atoms with Gasteiger partial charge in [0, 0.05) is 12.6 Å². The first-order chi connectivity index (χ1) is 11.9. The maximum Gasteiger partial charge on any atom is 0.323 e. The van der Waals surface area contributed by atoms with Crippen LogP contribution >= 0.6 is 0 Å². The molecule has 2 heterocycles. The summed E-state index contributed by atoms with van der Waals surface area (Å²) in [5.74, 6) is -0.389. The van der Waals surface area contributed by atoms with Crippen molar-refractivity contribution < 1.29 is 17.9 Å². The van der Waals surface area contributed by atoms with E-state index >= 15 is 0 Å². The van der Waals surface area contributed by atoms with Crippen molar-refractivity contribution in [1.29, 1.82) is 0 Å². The van der Waals surface area contributed by atoms with Crippen LogP contribution in [0, 0.1) is 0 Å². The summed E-state index contributed by atoms with van der Waals surface area (Å²) in [5.41, 5.74) is 0.596. The summed E-state index contributed by atoms with van der Waals surface area (Å²) in [6.07, 6.45) is 2.31. The zero-order valence-corrected chi connectivity index (χ0v) is 14.8. The number of aromatic amines is 2. The minimum atomic E-state index is -3.76. The van der Waals surface area contributed by atoms with E-state index in [1.54, 1.807) is 13.0 Å². The average molecular weight is 367 g/mol. The third-order valence-electron chi connectivity index (χ3n) is 4.37. The summed E-state index contributed by atoms with van der Waals surface area (Å²) in [4.78, 5) is 28.4. The molecule has 2 N–H and O–H groups in total. The number of imidazole rings is 1. The number of aromatic nitrogens is 2. The van der Waals surface area contributed by atoms with Crippen LogP contribution in [0.5, 0.6) is 0 Å². The lowest BCUT2D eigenvalue weighted by Crippen LogP contribution is -2.44. The van der Waals surface area contributed by atoms with Crippen molar-refractivity contribution in [3.05, 3.63) is 28.7 Å². The lowest BCUT2D eigenvalue weighted by Gasteiger charge is -2.34. The molecule has 1 fully saturated rings. The third kappa shape index (κ3) is 3.62. The molecular formula is C16H21N3O5S. The Morgan fingerprint density at radius 1 is 1.28 bits per heavy atom. The molecule has 1 unspecified atom stereocenters. The highest BCUT2D eigenvalue weighted by atomic mass is 32.2. The highest BCUT2D eigenvalue weighted by Crippen LogP contribution is 2.28. The van der Waals surface area contributed by atoms with Gasteiger partial charge in [-0.05, 0) is 38.0 Å². The SMILES string of the molecule is CCOC(=O)CC1CCCCN1S(=O)(=O)c1ccc2[nH]c(=O)[nH]c2c1. The number of sulfonamides is 1. The number of piperidine rings is 1. The highest BCUT2D eigenvalue weighted by Gasteiger charge is 2.35. The summed E-state index contributed by atoms with van der Waals surface area (Å²) in [6.45, 7) is 2.37. The van der Waals surface area contributed by atoms with Gasteiger partial charge in [0.05, 0.1) is 29.0 Å². The van der Waals surface area contributed by atoms with Gasteiger partial charge in [0.1, 0.15) is 0 Å². The number of hydrogen-bond donors (Lipinski definition) is 2. The van der Waals surface area contributed by atoms with Crippen LogP contribution in [-0.2, 0) is 19.6 Å². The van der Waals surface area contributed by atoms with E-state index in [4.69, 9.17) is 4.74 Å². The minimum absolute atomic E-state index is 0.0519. The fourth-order valence-electron chi connectivity index (χ4n) is 3.21. The number of carbonyl (C=O) groups excluding carboxylic acids is 1. The fraction of sp³-hybridized carbons (Fsp3) is 0.500. The van der Waals surface area contributed by atoms with E-state index in [0.717, 1.165) is 12.8 Å². The van der Waals surface area contributed by atoms with Crippen LogP contribution in [0.25, 0.3) is 11.0 Å². The molecule has 0 saturated carbocycles. The van der Waals surface area contributed by atoms with Gasteiger partial charge in [0.25, 0.3) is 0 Å². The molecule has 0 spiro atoms. The number of ether oxygens (including phenoxy) is 1. The van der Waals surface area contributed by atoms with Gasteiger partial charge in [-0.1, -0.05) is 6.42 Å². The van der Waals surface area contributed by atoms with Crippen molar-refractivity contribution in [2.45, 2.75) is 43.5 Å². The minimum Gasteiger partial charge on any atom is -0.466 e. The van der Waals surface area contributed by atoms with Crippen LogP contribution < -0.4 is 5.69 Å². The molecule has 2 aromatic rings. The van der Waals surface area contributed by atoms with Gasteiger partial charge in [-0.2, -0.15) is 4.31 Å². The summed E-state index contributed by atoms with van der Waals surface area (Å²) >= 11 is 0. The van der Waals surface area contributed by atoms with Crippen LogP contribution in [0.3, 0.4) is 0 Å². The predicted octanol–water partition coefficient (Wildman–Crippen LogP) is 1.35. The predicted molar refractivity (Wildman–Crippen MR) is 91.7 cm³/mol. The maximum atomic E-state index is 13.1. The number of hydrogen-bond acceptors (Lipinski definition) is 5. The molecule has 0 aliphatic carbocycles. The van der Waals surface area contributed by atoms with Gasteiger partial charge in [0.15, 0.2) is 0 Å². The van der Waals surface area contributed by atoms with Gasteiger partial charge >= 0.3 is 11.7 Å². The normalized spacial score (nSPS) is 19.2. The Labute approximate surface area is 145 Å². The lowest BCUT2D eigenvalue weighted by molar-refractivity contribution is -0.144. The van der Waals surface area contributed by atoms with E-state index in [0.29, 0.717) is 24.0 Å². The second-order valence-corrected chi connectivity index (χ2v) is 7.95.